The van der Waals surface area contributed by atoms with Crippen molar-refractivity contribution in [2.24, 2.45) is 0 Å². The Bertz CT molecular complexity index is 1110. The van der Waals surface area contributed by atoms with Gasteiger partial charge in [-0.1, -0.05) is 29.3 Å². The SMILES string of the molecule is Cc1cc(-c2cc(=O)c3cccc(Cl)c3o2)c(OCCCOCC(=O)O)cc1Cl. The van der Waals surface area contributed by atoms with Gasteiger partial charge in [0, 0.05) is 17.5 Å². The van der Waals surface area contributed by atoms with E-state index in [-0.39, 0.29) is 25.2 Å². The number of ether oxygens (including phenoxy) is 2. The number of fused-ring (bicyclic) bond motifs is 1. The number of aryl methyl sites for hydroxylation is 1. The van der Waals surface area contributed by atoms with Crippen LogP contribution in [-0.4, -0.2) is 30.9 Å². The molecular weight excluding hydrogens is 419 g/mol. The summed E-state index contributed by atoms with van der Waals surface area (Å²) in [7, 11) is 0. The third-order valence-electron chi connectivity index (χ3n) is 4.15. The monoisotopic (exact) mass is 436 g/mol. The highest BCUT2D eigenvalue weighted by Crippen LogP contribution is 2.36. The van der Waals surface area contributed by atoms with E-state index in [0.717, 1.165) is 5.56 Å². The largest absolute Gasteiger partial charge is 0.493 e. The van der Waals surface area contributed by atoms with Crippen LogP contribution >= 0.6 is 23.2 Å². The van der Waals surface area contributed by atoms with Crippen LogP contribution in [0, 0.1) is 6.92 Å². The van der Waals surface area contributed by atoms with Crippen LogP contribution in [0.3, 0.4) is 0 Å². The molecule has 0 amide bonds. The van der Waals surface area contributed by atoms with E-state index in [1.165, 1.54) is 6.07 Å². The molecule has 2 aromatic carbocycles. The summed E-state index contributed by atoms with van der Waals surface area (Å²) in [6, 6.07) is 9.82. The molecule has 0 saturated heterocycles. The van der Waals surface area contributed by atoms with E-state index in [2.05, 4.69) is 0 Å². The third kappa shape index (κ3) is 5.09. The zero-order valence-corrected chi connectivity index (χ0v) is 17.0. The minimum atomic E-state index is -1.02. The van der Waals surface area contributed by atoms with E-state index in [9.17, 15) is 9.59 Å². The van der Waals surface area contributed by atoms with Crippen LogP contribution in [0.1, 0.15) is 12.0 Å². The average molecular weight is 437 g/mol. The lowest BCUT2D eigenvalue weighted by Crippen LogP contribution is -2.10. The molecule has 3 aromatic rings. The Hall–Kier alpha value is -2.54. The molecule has 0 aliphatic rings. The normalized spacial score (nSPS) is 11.0. The molecule has 0 aliphatic carbocycles. The maximum atomic E-state index is 12.5. The van der Waals surface area contributed by atoms with Crippen molar-refractivity contribution in [2.45, 2.75) is 13.3 Å². The van der Waals surface area contributed by atoms with Crippen molar-refractivity contribution < 1.29 is 23.8 Å². The predicted molar refractivity (Wildman–Crippen MR) is 111 cm³/mol. The predicted octanol–water partition coefficient (Wildman–Crippen LogP) is 4.95. The van der Waals surface area contributed by atoms with Crippen molar-refractivity contribution in [3.05, 3.63) is 62.2 Å². The fourth-order valence-corrected chi connectivity index (χ4v) is 3.12. The van der Waals surface area contributed by atoms with Crippen LogP contribution in [-0.2, 0) is 9.53 Å². The van der Waals surface area contributed by atoms with Crippen LogP contribution < -0.4 is 10.2 Å². The number of benzene rings is 2. The lowest BCUT2D eigenvalue weighted by Gasteiger charge is -2.14. The molecule has 1 aromatic heterocycles. The Morgan fingerprint density at radius 1 is 1.14 bits per heavy atom. The second-order valence-electron chi connectivity index (χ2n) is 6.34. The van der Waals surface area contributed by atoms with E-state index in [0.29, 0.717) is 44.5 Å². The summed E-state index contributed by atoms with van der Waals surface area (Å²) in [5.74, 6) is -0.274. The minimum absolute atomic E-state index is 0.218. The van der Waals surface area contributed by atoms with Crippen molar-refractivity contribution in [1.82, 2.24) is 0 Å². The summed E-state index contributed by atoms with van der Waals surface area (Å²) in [5.41, 5.74) is 1.44. The number of para-hydroxylation sites is 1. The Morgan fingerprint density at radius 2 is 1.93 bits per heavy atom. The van der Waals surface area contributed by atoms with E-state index in [4.69, 9.17) is 42.2 Å². The van der Waals surface area contributed by atoms with Gasteiger partial charge in [-0.3, -0.25) is 4.79 Å². The molecular formula is C21H18Cl2O6. The van der Waals surface area contributed by atoms with E-state index in [1.54, 1.807) is 30.3 Å². The molecule has 0 saturated carbocycles. The maximum absolute atomic E-state index is 12.5. The van der Waals surface area contributed by atoms with Gasteiger partial charge in [0.2, 0.25) is 0 Å². The van der Waals surface area contributed by atoms with Gasteiger partial charge in [-0.05, 0) is 36.8 Å². The second kappa shape index (κ2) is 9.31. The summed E-state index contributed by atoms with van der Waals surface area (Å²) in [4.78, 5) is 23.0. The number of carboxylic acids is 1. The molecule has 8 heteroatoms. The van der Waals surface area contributed by atoms with Gasteiger partial charge < -0.3 is 19.0 Å². The van der Waals surface area contributed by atoms with Crippen molar-refractivity contribution in [2.75, 3.05) is 19.8 Å². The highest BCUT2D eigenvalue weighted by molar-refractivity contribution is 6.34. The standard InChI is InChI=1S/C21H18Cl2O6/c1-12-8-14(18(9-16(12)23)28-7-3-6-27-11-20(25)26)19-10-17(24)13-4-2-5-15(22)21(13)29-19/h2,4-5,8-10H,3,6-7,11H2,1H3,(H,25,26). The average Bonchev–Trinajstić information content (AvgIpc) is 2.67. The highest BCUT2D eigenvalue weighted by Gasteiger charge is 2.15. The molecule has 0 bridgehead atoms. The zero-order valence-electron chi connectivity index (χ0n) is 15.5. The Kier molecular flexibility index (Phi) is 6.79. The molecule has 0 unspecified atom stereocenters. The quantitative estimate of drug-likeness (QED) is 0.502. The number of rotatable bonds is 8. The molecule has 0 spiro atoms. The first-order valence-electron chi connectivity index (χ1n) is 8.82. The lowest BCUT2D eigenvalue weighted by molar-refractivity contribution is -0.142. The summed E-state index contributed by atoms with van der Waals surface area (Å²) >= 11 is 12.4. The fraction of sp³-hybridized carbons (Fsp3) is 0.238. The zero-order chi connectivity index (χ0) is 21.0. The van der Waals surface area contributed by atoms with Gasteiger partial charge in [0.15, 0.2) is 11.0 Å². The highest BCUT2D eigenvalue weighted by atomic mass is 35.5. The van der Waals surface area contributed by atoms with E-state index < -0.39 is 5.97 Å². The van der Waals surface area contributed by atoms with Crippen LogP contribution in [0.2, 0.25) is 10.0 Å². The van der Waals surface area contributed by atoms with Crippen LogP contribution in [0.15, 0.2) is 45.6 Å². The summed E-state index contributed by atoms with van der Waals surface area (Å²) in [6.07, 6.45) is 0.478. The molecule has 29 heavy (non-hydrogen) atoms. The first-order valence-corrected chi connectivity index (χ1v) is 9.57. The Labute approximate surface area is 176 Å². The van der Waals surface area contributed by atoms with Gasteiger partial charge in [-0.25, -0.2) is 4.79 Å². The Balaban J connectivity index is 1.90. The molecule has 1 N–H and O–H groups in total. The molecule has 0 radical (unpaired) electrons. The smallest absolute Gasteiger partial charge is 0.329 e. The maximum Gasteiger partial charge on any atom is 0.329 e. The van der Waals surface area contributed by atoms with Crippen LogP contribution in [0.5, 0.6) is 5.75 Å². The van der Waals surface area contributed by atoms with E-state index >= 15 is 0 Å². The van der Waals surface area contributed by atoms with Gasteiger partial charge in [-0.2, -0.15) is 0 Å². The Morgan fingerprint density at radius 3 is 2.69 bits per heavy atom. The first kappa shape index (κ1) is 21.2. The minimum Gasteiger partial charge on any atom is -0.493 e. The summed E-state index contributed by atoms with van der Waals surface area (Å²) < 4.78 is 16.7. The molecule has 0 atom stereocenters. The molecule has 6 nitrogen and oxygen atoms in total. The van der Waals surface area contributed by atoms with Gasteiger partial charge in [0.05, 0.1) is 29.2 Å². The third-order valence-corrected chi connectivity index (χ3v) is 4.85. The van der Waals surface area contributed by atoms with Crippen molar-refractivity contribution >= 4 is 40.1 Å². The van der Waals surface area contributed by atoms with Gasteiger partial charge >= 0.3 is 5.97 Å². The second-order valence-corrected chi connectivity index (χ2v) is 7.15. The molecule has 0 aliphatic heterocycles. The summed E-state index contributed by atoms with van der Waals surface area (Å²) in [5, 5.41) is 9.81. The van der Waals surface area contributed by atoms with Crippen LogP contribution in [0.25, 0.3) is 22.3 Å². The van der Waals surface area contributed by atoms with Crippen molar-refractivity contribution in [1.29, 1.82) is 0 Å². The number of aliphatic carboxylic acids is 1. The van der Waals surface area contributed by atoms with Crippen molar-refractivity contribution in [3.8, 4) is 17.1 Å². The van der Waals surface area contributed by atoms with Crippen molar-refractivity contribution in [3.63, 3.8) is 0 Å². The molecule has 3 rings (SSSR count). The number of carbonyl (C=O) groups is 1. The number of hydrogen-bond acceptors (Lipinski definition) is 5. The van der Waals surface area contributed by atoms with Gasteiger partial charge in [0.25, 0.3) is 0 Å². The van der Waals surface area contributed by atoms with E-state index in [1.807, 2.05) is 6.92 Å². The molecule has 1 heterocycles. The number of hydrogen-bond donors (Lipinski definition) is 1. The van der Waals surface area contributed by atoms with Gasteiger partial charge in [-0.15, -0.1) is 0 Å². The fourth-order valence-electron chi connectivity index (χ4n) is 2.75. The molecule has 0 fully saturated rings. The van der Waals surface area contributed by atoms with Gasteiger partial charge in [0.1, 0.15) is 18.1 Å². The number of halogens is 2. The van der Waals surface area contributed by atoms with Crippen LogP contribution in [0.4, 0.5) is 0 Å². The number of carboxylic acid groups (broad SMARTS) is 1. The topological polar surface area (TPSA) is 86.0 Å². The molecule has 152 valence electrons. The lowest BCUT2D eigenvalue weighted by atomic mass is 10.1. The first-order chi connectivity index (χ1) is 13.9. The summed E-state index contributed by atoms with van der Waals surface area (Å²) in [6.45, 7) is 1.98.